The highest BCUT2D eigenvalue weighted by molar-refractivity contribution is 5.95. The van der Waals surface area contributed by atoms with E-state index in [0.29, 0.717) is 5.75 Å². The maximum Gasteiger partial charge on any atom is 0.262 e. The van der Waals surface area contributed by atoms with Crippen molar-refractivity contribution >= 4 is 28.3 Å². The van der Waals surface area contributed by atoms with E-state index in [2.05, 4.69) is 23.2 Å². The summed E-state index contributed by atoms with van der Waals surface area (Å²) in [5.41, 5.74) is 3.93. The van der Waals surface area contributed by atoms with Crippen LogP contribution in [0.15, 0.2) is 48.5 Å². The Morgan fingerprint density at radius 3 is 2.62 bits per heavy atom. The second-order valence-corrected chi connectivity index (χ2v) is 7.28. The predicted molar refractivity (Wildman–Crippen MR) is 115 cm³/mol. The molecule has 1 amide bonds. The third-order valence-electron chi connectivity index (χ3n) is 5.01. The lowest BCUT2D eigenvalue weighted by molar-refractivity contribution is -0.118. The van der Waals surface area contributed by atoms with Crippen LogP contribution in [0.5, 0.6) is 5.75 Å². The molecule has 6 heteroatoms. The van der Waals surface area contributed by atoms with Gasteiger partial charge in [0, 0.05) is 24.2 Å². The van der Waals surface area contributed by atoms with Crippen LogP contribution in [0, 0.1) is 13.8 Å². The molecule has 4 rings (SSSR count). The number of pyridine rings is 1. The molecule has 1 aliphatic heterocycles. The number of benzene rings is 2. The topological polar surface area (TPSA) is 63.7 Å². The van der Waals surface area contributed by atoms with Crippen molar-refractivity contribution < 1.29 is 14.3 Å². The Hall–Kier alpha value is -3.12. The number of nitrogens with one attached hydrogen (secondary N) is 1. The second kappa shape index (κ2) is 8.49. The molecule has 1 fully saturated rings. The highest BCUT2D eigenvalue weighted by atomic mass is 16.5. The molecule has 1 N–H and O–H groups in total. The second-order valence-electron chi connectivity index (χ2n) is 7.28. The van der Waals surface area contributed by atoms with Crippen LogP contribution in [0.2, 0.25) is 0 Å². The Morgan fingerprint density at radius 2 is 1.86 bits per heavy atom. The fourth-order valence-electron chi connectivity index (χ4n) is 3.39. The summed E-state index contributed by atoms with van der Waals surface area (Å²) in [7, 11) is 0. The third kappa shape index (κ3) is 4.66. The lowest BCUT2D eigenvalue weighted by Gasteiger charge is -2.28. The zero-order valence-corrected chi connectivity index (χ0v) is 16.8. The maximum absolute atomic E-state index is 12.3. The molecule has 0 radical (unpaired) electrons. The Bertz CT molecular complexity index is 1010. The van der Waals surface area contributed by atoms with Crippen molar-refractivity contribution in [1.29, 1.82) is 0 Å². The molecule has 150 valence electrons. The lowest BCUT2D eigenvalue weighted by atomic mass is 10.1. The number of anilines is 2. The van der Waals surface area contributed by atoms with Gasteiger partial charge in [0.25, 0.3) is 5.91 Å². The number of hydrogen-bond acceptors (Lipinski definition) is 5. The molecule has 0 atom stereocenters. The molecule has 0 bridgehead atoms. The molecule has 2 aromatic carbocycles. The SMILES string of the molecule is Cc1ccc(OCC(=O)Nc2ccc3nc(N4CCOCC4)cc(C)c3c2)cc1. The highest BCUT2D eigenvalue weighted by Gasteiger charge is 2.14. The summed E-state index contributed by atoms with van der Waals surface area (Å²) in [5.74, 6) is 1.46. The number of carbonyl (C=O) groups excluding carboxylic acids is 1. The number of rotatable bonds is 5. The number of aryl methyl sites for hydroxylation is 2. The van der Waals surface area contributed by atoms with Gasteiger partial charge in [-0.3, -0.25) is 4.79 Å². The van der Waals surface area contributed by atoms with Crippen molar-refractivity contribution in [2.75, 3.05) is 43.1 Å². The minimum absolute atomic E-state index is 0.0334. The number of morpholine rings is 1. The van der Waals surface area contributed by atoms with E-state index < -0.39 is 0 Å². The van der Waals surface area contributed by atoms with E-state index in [-0.39, 0.29) is 12.5 Å². The fraction of sp³-hybridized carbons (Fsp3) is 0.304. The average molecular weight is 391 g/mol. The first kappa shape index (κ1) is 19.2. The quantitative estimate of drug-likeness (QED) is 0.718. The van der Waals surface area contributed by atoms with Crippen molar-refractivity contribution in [3.05, 3.63) is 59.7 Å². The van der Waals surface area contributed by atoms with Crippen LogP contribution >= 0.6 is 0 Å². The van der Waals surface area contributed by atoms with Gasteiger partial charge in [-0.2, -0.15) is 0 Å². The van der Waals surface area contributed by atoms with Gasteiger partial charge < -0.3 is 19.7 Å². The van der Waals surface area contributed by atoms with Gasteiger partial charge in [0.15, 0.2) is 6.61 Å². The molecular formula is C23H25N3O3. The molecular weight excluding hydrogens is 366 g/mol. The number of fused-ring (bicyclic) bond motifs is 1. The number of aromatic nitrogens is 1. The van der Waals surface area contributed by atoms with Gasteiger partial charge in [0.05, 0.1) is 18.7 Å². The van der Waals surface area contributed by atoms with Gasteiger partial charge in [0.2, 0.25) is 0 Å². The molecule has 1 aromatic heterocycles. The molecule has 6 nitrogen and oxygen atoms in total. The van der Waals surface area contributed by atoms with Crippen LogP contribution < -0.4 is 15.0 Å². The Morgan fingerprint density at radius 1 is 1.10 bits per heavy atom. The van der Waals surface area contributed by atoms with Crippen LogP contribution in [-0.2, 0) is 9.53 Å². The van der Waals surface area contributed by atoms with Gasteiger partial charge in [0.1, 0.15) is 11.6 Å². The van der Waals surface area contributed by atoms with E-state index in [9.17, 15) is 4.79 Å². The fourth-order valence-corrected chi connectivity index (χ4v) is 3.39. The summed E-state index contributed by atoms with van der Waals surface area (Å²) in [6, 6.07) is 15.5. The van der Waals surface area contributed by atoms with E-state index in [4.69, 9.17) is 14.5 Å². The monoisotopic (exact) mass is 391 g/mol. The number of amides is 1. The first-order valence-electron chi connectivity index (χ1n) is 9.82. The molecule has 2 heterocycles. The van der Waals surface area contributed by atoms with Crippen molar-refractivity contribution in [3.63, 3.8) is 0 Å². The molecule has 0 spiro atoms. The van der Waals surface area contributed by atoms with E-state index in [1.807, 2.05) is 49.4 Å². The largest absolute Gasteiger partial charge is 0.484 e. The number of hydrogen-bond donors (Lipinski definition) is 1. The first-order chi connectivity index (χ1) is 14.1. The van der Waals surface area contributed by atoms with Gasteiger partial charge in [-0.25, -0.2) is 4.98 Å². The Labute approximate surface area is 170 Å². The van der Waals surface area contributed by atoms with Gasteiger partial charge in [-0.1, -0.05) is 17.7 Å². The molecule has 29 heavy (non-hydrogen) atoms. The van der Waals surface area contributed by atoms with Crippen molar-refractivity contribution in [1.82, 2.24) is 4.98 Å². The normalized spacial score (nSPS) is 14.1. The van der Waals surface area contributed by atoms with Crippen LogP contribution in [0.25, 0.3) is 10.9 Å². The molecule has 0 unspecified atom stereocenters. The van der Waals surface area contributed by atoms with Crippen molar-refractivity contribution in [2.45, 2.75) is 13.8 Å². The summed E-state index contributed by atoms with van der Waals surface area (Å²) in [6.07, 6.45) is 0. The van der Waals surface area contributed by atoms with Gasteiger partial charge in [-0.15, -0.1) is 0 Å². The molecule has 1 aliphatic rings. The zero-order valence-electron chi connectivity index (χ0n) is 16.8. The van der Waals surface area contributed by atoms with Gasteiger partial charge >= 0.3 is 0 Å². The summed E-state index contributed by atoms with van der Waals surface area (Å²) >= 11 is 0. The maximum atomic E-state index is 12.3. The lowest BCUT2D eigenvalue weighted by Crippen LogP contribution is -2.36. The Kier molecular flexibility index (Phi) is 5.62. The zero-order chi connectivity index (χ0) is 20.2. The predicted octanol–water partition coefficient (Wildman–Crippen LogP) is 3.71. The molecule has 0 saturated carbocycles. The van der Waals surface area contributed by atoms with Crippen LogP contribution in [-0.4, -0.2) is 43.8 Å². The summed E-state index contributed by atoms with van der Waals surface area (Å²) in [4.78, 5) is 19.3. The van der Waals surface area contributed by atoms with Crippen LogP contribution in [0.3, 0.4) is 0 Å². The minimum atomic E-state index is -0.194. The smallest absolute Gasteiger partial charge is 0.262 e. The Balaban J connectivity index is 1.44. The summed E-state index contributed by atoms with van der Waals surface area (Å²) in [5, 5.41) is 3.93. The highest BCUT2D eigenvalue weighted by Crippen LogP contribution is 2.26. The van der Waals surface area contributed by atoms with E-state index in [0.717, 1.165) is 59.8 Å². The summed E-state index contributed by atoms with van der Waals surface area (Å²) < 4.78 is 11.0. The van der Waals surface area contributed by atoms with E-state index in [1.54, 1.807) is 0 Å². The number of nitrogens with zero attached hydrogens (tertiary/aromatic N) is 2. The van der Waals surface area contributed by atoms with Gasteiger partial charge in [-0.05, 0) is 55.8 Å². The molecule has 1 saturated heterocycles. The average Bonchev–Trinajstić information content (AvgIpc) is 2.74. The minimum Gasteiger partial charge on any atom is -0.484 e. The summed E-state index contributed by atoms with van der Waals surface area (Å²) in [6.45, 7) is 7.22. The van der Waals surface area contributed by atoms with Crippen molar-refractivity contribution in [3.8, 4) is 5.75 Å². The van der Waals surface area contributed by atoms with Crippen molar-refractivity contribution in [2.24, 2.45) is 0 Å². The first-order valence-corrected chi connectivity index (χ1v) is 9.82. The van der Waals surface area contributed by atoms with Crippen LogP contribution in [0.4, 0.5) is 11.5 Å². The standard InChI is InChI=1S/C23H25N3O3/c1-16-3-6-19(7-4-16)29-15-23(27)24-18-5-8-21-20(14-18)17(2)13-22(25-21)26-9-11-28-12-10-26/h3-8,13-14H,9-12,15H2,1-2H3,(H,24,27). The number of carbonyl (C=O) groups is 1. The van der Waals surface area contributed by atoms with Crippen LogP contribution in [0.1, 0.15) is 11.1 Å². The molecule has 3 aromatic rings. The molecule has 0 aliphatic carbocycles. The number of ether oxygens (including phenoxy) is 2. The van der Waals surface area contributed by atoms with E-state index >= 15 is 0 Å². The van der Waals surface area contributed by atoms with E-state index in [1.165, 1.54) is 0 Å². The third-order valence-corrected chi connectivity index (χ3v) is 5.01.